The van der Waals surface area contributed by atoms with Gasteiger partial charge in [0.1, 0.15) is 0 Å². The molecular weight excluding hydrogens is 1010 g/mol. The van der Waals surface area contributed by atoms with Crippen molar-refractivity contribution in [3.05, 3.63) is 24.3 Å². The van der Waals surface area contributed by atoms with Gasteiger partial charge in [-0.3, -0.25) is 9.59 Å². The van der Waals surface area contributed by atoms with E-state index in [4.69, 9.17) is 4.74 Å². The van der Waals surface area contributed by atoms with Gasteiger partial charge in [0.25, 0.3) is 0 Å². The zero-order valence-corrected chi connectivity index (χ0v) is 55.8. The van der Waals surface area contributed by atoms with Crippen molar-refractivity contribution in [2.45, 2.75) is 437 Å². The molecule has 0 rings (SSSR count). The Kier molecular flexibility index (Phi) is 70.4. The monoisotopic (exact) mass is 1150 g/mol. The normalized spacial score (nSPS) is 12.6. The number of aliphatic hydroxyl groups excluding tert-OH is 2. The van der Waals surface area contributed by atoms with Crippen LogP contribution >= 0.6 is 0 Å². The van der Waals surface area contributed by atoms with Gasteiger partial charge in [0.2, 0.25) is 5.91 Å². The summed E-state index contributed by atoms with van der Waals surface area (Å²) in [5.41, 5.74) is 0. The van der Waals surface area contributed by atoms with Crippen LogP contribution in [0, 0.1) is 0 Å². The molecule has 0 aromatic carbocycles. The maximum absolute atomic E-state index is 12.5. The molecule has 2 atom stereocenters. The highest BCUT2D eigenvalue weighted by atomic mass is 16.5. The van der Waals surface area contributed by atoms with Gasteiger partial charge in [0.05, 0.1) is 25.4 Å². The molecule has 486 valence electrons. The average molecular weight is 1160 g/mol. The fourth-order valence-corrected chi connectivity index (χ4v) is 12.0. The van der Waals surface area contributed by atoms with E-state index in [0.717, 1.165) is 51.4 Å². The van der Waals surface area contributed by atoms with Crippen LogP contribution in [0.5, 0.6) is 0 Å². The van der Waals surface area contributed by atoms with Gasteiger partial charge in [-0.05, 0) is 51.4 Å². The second-order valence-electron chi connectivity index (χ2n) is 26.0. The molecule has 0 aliphatic carbocycles. The van der Waals surface area contributed by atoms with Crippen LogP contribution in [0.15, 0.2) is 24.3 Å². The van der Waals surface area contributed by atoms with Crippen molar-refractivity contribution in [3.63, 3.8) is 0 Å². The Labute approximate surface area is 513 Å². The number of nitrogens with one attached hydrogen (secondary N) is 1. The fourth-order valence-electron chi connectivity index (χ4n) is 12.0. The Morgan fingerprint density at radius 2 is 0.634 bits per heavy atom. The summed E-state index contributed by atoms with van der Waals surface area (Å²) in [6.07, 6.45) is 91.2. The van der Waals surface area contributed by atoms with Gasteiger partial charge in [-0.2, -0.15) is 0 Å². The third-order valence-electron chi connectivity index (χ3n) is 17.7. The first-order valence-corrected chi connectivity index (χ1v) is 37.6. The lowest BCUT2D eigenvalue weighted by Crippen LogP contribution is -2.45. The van der Waals surface area contributed by atoms with Gasteiger partial charge in [-0.1, -0.05) is 385 Å². The fraction of sp³-hybridized carbons (Fsp3) is 0.921. The number of carbonyl (C=O) groups is 2. The number of allylic oxidation sites excluding steroid dienone is 4. The van der Waals surface area contributed by atoms with Crippen LogP contribution < -0.4 is 5.32 Å². The number of esters is 1. The second-order valence-corrected chi connectivity index (χ2v) is 26.0. The van der Waals surface area contributed by atoms with Gasteiger partial charge < -0.3 is 20.3 Å². The molecule has 0 radical (unpaired) electrons. The molecule has 0 fully saturated rings. The van der Waals surface area contributed by atoms with E-state index in [1.54, 1.807) is 0 Å². The van der Waals surface area contributed by atoms with E-state index < -0.39 is 12.1 Å². The molecule has 0 aliphatic heterocycles. The van der Waals surface area contributed by atoms with E-state index in [0.29, 0.717) is 25.9 Å². The minimum absolute atomic E-state index is 0.00850. The summed E-state index contributed by atoms with van der Waals surface area (Å²) in [6, 6.07) is -0.536. The summed E-state index contributed by atoms with van der Waals surface area (Å²) in [5.74, 6) is -0.0174. The number of rotatable bonds is 71. The molecule has 1 amide bonds. The summed E-state index contributed by atoms with van der Waals surface area (Å²) in [4.78, 5) is 24.6. The first-order valence-electron chi connectivity index (χ1n) is 37.6. The Bertz CT molecular complexity index is 1280. The molecule has 82 heavy (non-hydrogen) atoms. The average Bonchev–Trinajstić information content (AvgIpc) is 3.48. The summed E-state index contributed by atoms with van der Waals surface area (Å²) in [7, 11) is 0. The third kappa shape index (κ3) is 67.5. The molecule has 0 spiro atoms. The molecule has 0 aromatic rings. The topological polar surface area (TPSA) is 95.9 Å². The van der Waals surface area contributed by atoms with Crippen molar-refractivity contribution in [3.8, 4) is 0 Å². The molecule has 0 bridgehead atoms. The zero-order chi connectivity index (χ0) is 59.2. The minimum atomic E-state index is -0.659. The molecule has 6 heteroatoms. The van der Waals surface area contributed by atoms with Crippen LogP contribution in [0.2, 0.25) is 0 Å². The van der Waals surface area contributed by atoms with Crippen LogP contribution in [0.1, 0.15) is 425 Å². The lowest BCUT2D eigenvalue weighted by atomic mass is 10.0. The zero-order valence-electron chi connectivity index (χ0n) is 55.8. The molecule has 0 aromatic heterocycles. The summed E-state index contributed by atoms with van der Waals surface area (Å²) < 4.78 is 5.48. The number of aliphatic hydroxyl groups is 2. The number of hydrogen-bond acceptors (Lipinski definition) is 5. The summed E-state index contributed by atoms with van der Waals surface area (Å²) >= 11 is 0. The molecule has 0 aliphatic rings. The van der Waals surface area contributed by atoms with E-state index in [-0.39, 0.29) is 18.5 Å². The molecule has 2 unspecified atom stereocenters. The van der Waals surface area contributed by atoms with Crippen LogP contribution in [0.25, 0.3) is 0 Å². The van der Waals surface area contributed by atoms with Crippen LogP contribution in [-0.4, -0.2) is 47.4 Å². The van der Waals surface area contributed by atoms with Crippen molar-refractivity contribution >= 4 is 11.9 Å². The Morgan fingerprint density at radius 1 is 0.341 bits per heavy atom. The third-order valence-corrected chi connectivity index (χ3v) is 17.7. The van der Waals surface area contributed by atoms with Crippen LogP contribution in [-0.2, 0) is 14.3 Å². The van der Waals surface area contributed by atoms with Crippen molar-refractivity contribution in [1.29, 1.82) is 0 Å². The number of carbonyl (C=O) groups excluding carboxylic acids is 2. The summed E-state index contributed by atoms with van der Waals surface area (Å²) in [6.45, 7) is 4.92. The lowest BCUT2D eigenvalue weighted by Gasteiger charge is -2.22. The van der Waals surface area contributed by atoms with Gasteiger partial charge in [-0.25, -0.2) is 0 Å². The van der Waals surface area contributed by atoms with Crippen molar-refractivity contribution < 1.29 is 24.5 Å². The standard InChI is InChI=1S/C76H147NO5/c1-3-5-7-9-11-13-15-17-41-45-48-52-56-60-64-68-74(79)73(72-78)77-75(80)69-65-61-57-53-49-46-42-39-37-35-33-31-29-27-25-23-21-19-18-20-22-24-26-28-30-32-34-36-38-40-43-47-51-55-59-63-67-71-82-76(81)70-66-62-58-54-50-44-16-14-12-10-8-6-4-2/h8,10,14,16,73-74,78-79H,3-7,9,11-13,15,17-72H2,1-2H3,(H,77,80)/b10-8-,16-14-. The van der Waals surface area contributed by atoms with Gasteiger partial charge >= 0.3 is 5.97 Å². The maximum Gasteiger partial charge on any atom is 0.305 e. The first-order chi connectivity index (χ1) is 40.5. The Balaban J connectivity index is 3.29. The number of amides is 1. The first kappa shape index (κ1) is 80.3. The molecule has 3 N–H and O–H groups in total. The van der Waals surface area contributed by atoms with E-state index in [1.165, 1.54) is 340 Å². The predicted octanol–water partition coefficient (Wildman–Crippen LogP) is 24.5. The lowest BCUT2D eigenvalue weighted by molar-refractivity contribution is -0.143. The second kappa shape index (κ2) is 71.8. The van der Waals surface area contributed by atoms with Gasteiger partial charge in [-0.15, -0.1) is 0 Å². The smallest absolute Gasteiger partial charge is 0.305 e. The number of hydrogen-bond donors (Lipinski definition) is 3. The van der Waals surface area contributed by atoms with Crippen LogP contribution in [0.3, 0.4) is 0 Å². The quantitative estimate of drug-likeness (QED) is 0.0320. The van der Waals surface area contributed by atoms with Crippen molar-refractivity contribution in [2.24, 2.45) is 0 Å². The number of ether oxygens (including phenoxy) is 1. The Hall–Kier alpha value is -1.66. The highest BCUT2D eigenvalue weighted by Gasteiger charge is 2.20. The molecular formula is C76H147NO5. The largest absolute Gasteiger partial charge is 0.466 e. The predicted molar refractivity (Wildman–Crippen MR) is 361 cm³/mol. The molecule has 0 saturated heterocycles. The number of unbranched alkanes of at least 4 members (excludes halogenated alkanes) is 56. The van der Waals surface area contributed by atoms with E-state index in [9.17, 15) is 19.8 Å². The minimum Gasteiger partial charge on any atom is -0.466 e. The highest BCUT2D eigenvalue weighted by molar-refractivity contribution is 5.76. The van der Waals surface area contributed by atoms with E-state index in [2.05, 4.69) is 43.5 Å². The highest BCUT2D eigenvalue weighted by Crippen LogP contribution is 2.20. The Morgan fingerprint density at radius 3 is 0.976 bits per heavy atom. The molecule has 6 nitrogen and oxygen atoms in total. The van der Waals surface area contributed by atoms with Crippen LogP contribution in [0.4, 0.5) is 0 Å². The SMILES string of the molecule is CCC/C=C\C/C=C\CCCCCCCC(=O)OCCCCCCCCCCCCCCCCCCCCCCCCCCCCCCCCCCCCCCCC(=O)NC(CO)C(O)CCCCCCCCCCCCCCCCC. The molecule has 0 saturated carbocycles. The van der Waals surface area contributed by atoms with E-state index in [1.807, 2.05) is 0 Å². The van der Waals surface area contributed by atoms with E-state index >= 15 is 0 Å². The summed E-state index contributed by atoms with van der Waals surface area (Å²) in [5, 5.41) is 23.4. The van der Waals surface area contributed by atoms with Gasteiger partial charge in [0, 0.05) is 12.8 Å². The van der Waals surface area contributed by atoms with Crippen molar-refractivity contribution in [1.82, 2.24) is 5.32 Å². The van der Waals surface area contributed by atoms with Gasteiger partial charge in [0.15, 0.2) is 0 Å². The van der Waals surface area contributed by atoms with Crippen molar-refractivity contribution in [2.75, 3.05) is 13.2 Å². The maximum atomic E-state index is 12.5. The molecule has 0 heterocycles.